The molecule has 0 aliphatic heterocycles. The number of nitrogens with zero attached hydrogens (tertiary/aromatic N) is 1. The standard InChI is InChI=1S/C11H14N2O5/c1-7(6-14)5-12-9-3-2-8(11(15)16)4-10(9)13(17)18/h2-4,7,12,14H,5-6H2,1H3,(H,15,16). The van der Waals surface area contributed by atoms with E-state index in [4.69, 9.17) is 10.2 Å². The van der Waals surface area contributed by atoms with Crippen molar-refractivity contribution in [1.29, 1.82) is 0 Å². The number of aromatic carboxylic acids is 1. The average Bonchev–Trinajstić information content (AvgIpc) is 2.35. The van der Waals surface area contributed by atoms with Gasteiger partial charge in [0.05, 0.1) is 10.5 Å². The molecule has 0 fully saturated rings. The van der Waals surface area contributed by atoms with Gasteiger partial charge in [0.15, 0.2) is 0 Å². The van der Waals surface area contributed by atoms with Gasteiger partial charge in [-0.1, -0.05) is 6.92 Å². The number of aliphatic hydroxyl groups is 1. The molecule has 0 bridgehead atoms. The highest BCUT2D eigenvalue weighted by molar-refractivity contribution is 5.89. The zero-order valence-electron chi connectivity index (χ0n) is 9.79. The quantitative estimate of drug-likeness (QED) is 0.521. The van der Waals surface area contributed by atoms with Crippen molar-refractivity contribution in [2.45, 2.75) is 6.92 Å². The van der Waals surface area contributed by atoms with Gasteiger partial charge in [0.2, 0.25) is 0 Å². The van der Waals surface area contributed by atoms with Gasteiger partial charge in [0, 0.05) is 19.2 Å². The van der Waals surface area contributed by atoms with Crippen LogP contribution in [0.25, 0.3) is 0 Å². The molecule has 1 aromatic rings. The highest BCUT2D eigenvalue weighted by Crippen LogP contribution is 2.25. The van der Waals surface area contributed by atoms with Crippen molar-refractivity contribution < 1.29 is 19.9 Å². The van der Waals surface area contributed by atoms with E-state index in [1.807, 2.05) is 0 Å². The van der Waals surface area contributed by atoms with E-state index in [1.54, 1.807) is 6.92 Å². The Morgan fingerprint density at radius 3 is 2.72 bits per heavy atom. The van der Waals surface area contributed by atoms with Crippen molar-refractivity contribution in [2.75, 3.05) is 18.5 Å². The van der Waals surface area contributed by atoms with Crippen LogP contribution in [-0.4, -0.2) is 34.3 Å². The fraction of sp³-hybridized carbons (Fsp3) is 0.364. The Bertz CT molecular complexity index is 461. The molecule has 0 amide bonds. The lowest BCUT2D eigenvalue weighted by molar-refractivity contribution is -0.384. The molecule has 1 unspecified atom stereocenters. The van der Waals surface area contributed by atoms with Crippen LogP contribution in [0, 0.1) is 16.0 Å². The topological polar surface area (TPSA) is 113 Å². The molecule has 18 heavy (non-hydrogen) atoms. The molecule has 0 saturated heterocycles. The summed E-state index contributed by atoms with van der Waals surface area (Å²) in [4.78, 5) is 20.9. The molecule has 0 saturated carbocycles. The molecule has 0 aromatic heterocycles. The van der Waals surface area contributed by atoms with E-state index in [-0.39, 0.29) is 29.5 Å². The van der Waals surface area contributed by atoms with Crippen molar-refractivity contribution in [2.24, 2.45) is 5.92 Å². The van der Waals surface area contributed by atoms with Gasteiger partial charge in [-0.2, -0.15) is 0 Å². The second-order valence-corrected chi connectivity index (χ2v) is 3.96. The van der Waals surface area contributed by atoms with Crippen LogP contribution in [0.1, 0.15) is 17.3 Å². The summed E-state index contributed by atoms with van der Waals surface area (Å²) in [6, 6.07) is 3.65. The summed E-state index contributed by atoms with van der Waals surface area (Å²) in [6.07, 6.45) is 0. The van der Waals surface area contributed by atoms with Crippen molar-refractivity contribution >= 4 is 17.3 Å². The summed E-state index contributed by atoms with van der Waals surface area (Å²) in [6.45, 7) is 2.11. The number of hydrogen-bond donors (Lipinski definition) is 3. The Hall–Kier alpha value is -2.15. The second kappa shape index (κ2) is 5.97. The molecular weight excluding hydrogens is 240 g/mol. The van der Waals surface area contributed by atoms with Crippen LogP contribution in [-0.2, 0) is 0 Å². The predicted molar refractivity (Wildman–Crippen MR) is 64.8 cm³/mol. The van der Waals surface area contributed by atoms with Crippen LogP contribution in [0.3, 0.4) is 0 Å². The van der Waals surface area contributed by atoms with Crippen molar-refractivity contribution in [3.05, 3.63) is 33.9 Å². The lowest BCUT2D eigenvalue weighted by atomic mass is 10.1. The van der Waals surface area contributed by atoms with Crippen molar-refractivity contribution in [3.63, 3.8) is 0 Å². The maximum absolute atomic E-state index is 10.8. The first kappa shape index (κ1) is 13.9. The van der Waals surface area contributed by atoms with Gasteiger partial charge in [-0.15, -0.1) is 0 Å². The molecule has 1 aromatic carbocycles. The summed E-state index contributed by atoms with van der Waals surface area (Å²) < 4.78 is 0. The summed E-state index contributed by atoms with van der Waals surface area (Å²) in [7, 11) is 0. The first-order chi connectivity index (χ1) is 8.45. The Balaban J connectivity index is 2.97. The third-order valence-electron chi connectivity index (χ3n) is 2.39. The van der Waals surface area contributed by atoms with Gasteiger partial charge in [-0.3, -0.25) is 10.1 Å². The molecule has 7 nitrogen and oxygen atoms in total. The number of carbonyl (C=O) groups is 1. The molecule has 7 heteroatoms. The van der Waals surface area contributed by atoms with Gasteiger partial charge in [-0.25, -0.2) is 4.79 Å². The minimum atomic E-state index is -1.21. The van der Waals surface area contributed by atoms with Crippen LogP contribution in [0.4, 0.5) is 11.4 Å². The maximum atomic E-state index is 10.8. The molecule has 0 spiro atoms. The number of carboxylic acids is 1. The highest BCUT2D eigenvalue weighted by Gasteiger charge is 2.17. The zero-order chi connectivity index (χ0) is 13.7. The minimum Gasteiger partial charge on any atom is -0.478 e. The number of anilines is 1. The number of rotatable bonds is 6. The van der Waals surface area contributed by atoms with E-state index in [2.05, 4.69) is 5.32 Å². The largest absolute Gasteiger partial charge is 0.478 e. The predicted octanol–water partition coefficient (Wildman–Crippen LogP) is 1.33. The lowest BCUT2D eigenvalue weighted by Gasteiger charge is -2.11. The van der Waals surface area contributed by atoms with Gasteiger partial charge in [-0.05, 0) is 18.1 Å². The molecule has 3 N–H and O–H groups in total. The zero-order valence-corrected chi connectivity index (χ0v) is 9.79. The summed E-state index contributed by atoms with van der Waals surface area (Å²) >= 11 is 0. The maximum Gasteiger partial charge on any atom is 0.335 e. The van der Waals surface area contributed by atoms with E-state index in [0.717, 1.165) is 6.07 Å². The summed E-state index contributed by atoms with van der Waals surface area (Å²) in [5.74, 6) is -1.27. The van der Waals surface area contributed by atoms with Gasteiger partial charge in [0.25, 0.3) is 5.69 Å². The molecule has 1 atom stereocenters. The van der Waals surface area contributed by atoms with Gasteiger partial charge in [0.1, 0.15) is 5.69 Å². The SMILES string of the molecule is CC(CO)CNc1ccc(C(=O)O)cc1[N+](=O)[O-]. The number of nitro benzene ring substituents is 1. The molecule has 0 aliphatic carbocycles. The third kappa shape index (κ3) is 3.42. The molecule has 0 radical (unpaired) electrons. The normalized spacial score (nSPS) is 11.9. The van der Waals surface area contributed by atoms with Crippen LogP contribution in [0.2, 0.25) is 0 Å². The highest BCUT2D eigenvalue weighted by atomic mass is 16.6. The fourth-order valence-corrected chi connectivity index (χ4v) is 1.31. The number of nitro groups is 1. The first-order valence-corrected chi connectivity index (χ1v) is 5.32. The van der Waals surface area contributed by atoms with E-state index in [1.165, 1.54) is 12.1 Å². The second-order valence-electron chi connectivity index (χ2n) is 3.96. The van der Waals surface area contributed by atoms with E-state index < -0.39 is 10.9 Å². The third-order valence-corrected chi connectivity index (χ3v) is 2.39. The van der Waals surface area contributed by atoms with Crippen LogP contribution >= 0.6 is 0 Å². The van der Waals surface area contributed by atoms with E-state index >= 15 is 0 Å². The van der Waals surface area contributed by atoms with Crippen LogP contribution in [0.5, 0.6) is 0 Å². The van der Waals surface area contributed by atoms with Gasteiger partial charge < -0.3 is 15.5 Å². The van der Waals surface area contributed by atoms with Crippen LogP contribution in [0.15, 0.2) is 18.2 Å². The number of aliphatic hydroxyl groups excluding tert-OH is 1. The minimum absolute atomic E-state index is 0.0337. The number of hydrogen-bond acceptors (Lipinski definition) is 5. The fourth-order valence-electron chi connectivity index (χ4n) is 1.31. The van der Waals surface area contributed by atoms with E-state index in [9.17, 15) is 14.9 Å². The summed E-state index contributed by atoms with van der Waals surface area (Å²) in [5.41, 5.74) is -0.187. The Morgan fingerprint density at radius 1 is 1.56 bits per heavy atom. The summed E-state index contributed by atoms with van der Waals surface area (Å²) in [5, 5.41) is 31.3. The van der Waals surface area contributed by atoms with Gasteiger partial charge >= 0.3 is 5.97 Å². The molecule has 98 valence electrons. The smallest absolute Gasteiger partial charge is 0.335 e. The van der Waals surface area contributed by atoms with Crippen molar-refractivity contribution in [1.82, 2.24) is 0 Å². The Morgan fingerprint density at radius 2 is 2.22 bits per heavy atom. The molecule has 0 heterocycles. The molecule has 0 aliphatic rings. The first-order valence-electron chi connectivity index (χ1n) is 5.32. The number of carboxylic acid groups (broad SMARTS) is 1. The Labute approximate surface area is 103 Å². The molecule has 1 rings (SSSR count). The number of benzene rings is 1. The molecular formula is C11H14N2O5. The monoisotopic (exact) mass is 254 g/mol. The lowest BCUT2D eigenvalue weighted by Crippen LogP contribution is -2.15. The van der Waals surface area contributed by atoms with E-state index in [0.29, 0.717) is 6.54 Å². The Kier molecular flexibility index (Phi) is 4.61. The van der Waals surface area contributed by atoms with Crippen molar-refractivity contribution in [3.8, 4) is 0 Å². The average molecular weight is 254 g/mol. The number of nitrogens with one attached hydrogen (secondary N) is 1. The van der Waals surface area contributed by atoms with Crippen LogP contribution < -0.4 is 5.32 Å².